The zero-order valence-corrected chi connectivity index (χ0v) is 16.4. The molecule has 0 aromatic heterocycles. The molecule has 1 aliphatic heterocycles. The maximum Gasteiger partial charge on any atom is 0.253 e. The van der Waals surface area contributed by atoms with Gasteiger partial charge in [-0.05, 0) is 44.1 Å². The molecule has 1 heterocycles. The second-order valence-corrected chi connectivity index (χ2v) is 7.18. The number of nitrogens with one attached hydrogen (secondary N) is 2. The van der Waals surface area contributed by atoms with Crippen molar-refractivity contribution in [2.45, 2.75) is 19.4 Å². The van der Waals surface area contributed by atoms with Gasteiger partial charge in [0.05, 0.1) is 11.3 Å². The van der Waals surface area contributed by atoms with Crippen molar-refractivity contribution in [2.24, 2.45) is 5.92 Å². The zero-order valence-electron chi connectivity index (χ0n) is 16.4. The highest BCUT2D eigenvalue weighted by Crippen LogP contribution is 2.23. The number of halogens is 1. The highest BCUT2D eigenvalue weighted by molar-refractivity contribution is 6.04. The lowest BCUT2D eigenvalue weighted by Crippen LogP contribution is -2.38. The summed E-state index contributed by atoms with van der Waals surface area (Å²) in [5.41, 5.74) is 1.61. The normalized spacial score (nSPS) is 14.9. The molecule has 2 aromatic carbocycles. The lowest BCUT2D eigenvalue weighted by atomic mass is 9.95. The molecule has 0 saturated carbocycles. The average Bonchev–Trinajstić information content (AvgIpc) is 2.74. The molecule has 29 heavy (non-hydrogen) atoms. The topological polar surface area (TPSA) is 61.4 Å². The van der Waals surface area contributed by atoms with Crippen molar-refractivity contribution in [1.29, 1.82) is 0 Å². The zero-order chi connectivity index (χ0) is 20.6. The monoisotopic (exact) mass is 395 g/mol. The fourth-order valence-electron chi connectivity index (χ4n) is 3.51. The van der Waals surface area contributed by atoms with E-state index in [0.29, 0.717) is 42.7 Å². The molecule has 1 saturated heterocycles. The van der Waals surface area contributed by atoms with Gasteiger partial charge in [-0.3, -0.25) is 14.5 Å². The number of carbonyl (C=O) groups is 2. The van der Waals surface area contributed by atoms with Gasteiger partial charge in [-0.15, -0.1) is 6.58 Å². The lowest BCUT2D eigenvalue weighted by molar-refractivity contribution is -0.121. The van der Waals surface area contributed by atoms with Crippen LogP contribution in [-0.2, 0) is 11.3 Å². The number of hydrogen-bond acceptors (Lipinski definition) is 3. The van der Waals surface area contributed by atoms with Crippen LogP contribution in [0.2, 0.25) is 0 Å². The van der Waals surface area contributed by atoms with Gasteiger partial charge in [-0.25, -0.2) is 4.39 Å². The molecule has 0 aliphatic carbocycles. The Hall–Kier alpha value is -2.99. The highest BCUT2D eigenvalue weighted by Gasteiger charge is 2.26. The van der Waals surface area contributed by atoms with Crippen molar-refractivity contribution in [2.75, 3.05) is 25.0 Å². The summed E-state index contributed by atoms with van der Waals surface area (Å²) in [6.45, 7) is 5.96. The lowest BCUT2D eigenvalue weighted by Gasteiger charge is -2.31. The number of para-hydroxylation sites is 1. The van der Waals surface area contributed by atoms with Crippen LogP contribution in [0.4, 0.5) is 10.1 Å². The quantitative estimate of drug-likeness (QED) is 0.705. The molecule has 2 amide bonds. The third-order valence-electron chi connectivity index (χ3n) is 5.15. The van der Waals surface area contributed by atoms with Crippen molar-refractivity contribution in [1.82, 2.24) is 10.2 Å². The maximum atomic E-state index is 13.8. The van der Waals surface area contributed by atoms with E-state index in [-0.39, 0.29) is 23.5 Å². The fourth-order valence-corrected chi connectivity index (χ4v) is 3.51. The number of hydrogen-bond donors (Lipinski definition) is 2. The van der Waals surface area contributed by atoms with E-state index in [2.05, 4.69) is 22.1 Å². The third-order valence-corrected chi connectivity index (χ3v) is 5.15. The molecule has 1 fully saturated rings. The summed E-state index contributed by atoms with van der Waals surface area (Å²) >= 11 is 0. The van der Waals surface area contributed by atoms with E-state index in [4.69, 9.17) is 0 Å². The minimum absolute atomic E-state index is 0.0838. The van der Waals surface area contributed by atoms with Crippen LogP contribution in [0.25, 0.3) is 0 Å². The minimum Gasteiger partial charge on any atom is -0.349 e. The van der Waals surface area contributed by atoms with Gasteiger partial charge in [0.1, 0.15) is 5.82 Å². The predicted octanol–water partition coefficient (Wildman–Crippen LogP) is 3.59. The number of anilines is 1. The van der Waals surface area contributed by atoms with Crippen molar-refractivity contribution < 1.29 is 14.0 Å². The molecule has 0 radical (unpaired) electrons. The van der Waals surface area contributed by atoms with E-state index in [0.717, 1.165) is 13.1 Å². The smallest absolute Gasteiger partial charge is 0.253 e. The fraction of sp³-hybridized carbons (Fsp3) is 0.304. The van der Waals surface area contributed by atoms with Gasteiger partial charge < -0.3 is 10.6 Å². The van der Waals surface area contributed by atoms with Crippen LogP contribution >= 0.6 is 0 Å². The van der Waals surface area contributed by atoms with E-state index >= 15 is 0 Å². The molecule has 0 bridgehead atoms. The molecular formula is C23H26FN3O2. The first kappa shape index (κ1) is 20.7. The van der Waals surface area contributed by atoms with Gasteiger partial charge in [-0.1, -0.05) is 36.4 Å². The Morgan fingerprint density at radius 1 is 1.10 bits per heavy atom. The molecular weight excluding hydrogens is 369 g/mol. The van der Waals surface area contributed by atoms with Gasteiger partial charge in [0, 0.05) is 24.6 Å². The Morgan fingerprint density at radius 3 is 2.52 bits per heavy atom. The van der Waals surface area contributed by atoms with Crippen LogP contribution in [-0.4, -0.2) is 36.3 Å². The number of amides is 2. The largest absolute Gasteiger partial charge is 0.349 e. The SMILES string of the molecule is C=CCNC(=O)c1ccccc1NC(=O)C1CCN(Cc2ccccc2F)CC1. The number of nitrogens with zero attached hydrogens (tertiary/aromatic N) is 1. The van der Waals surface area contributed by atoms with Gasteiger partial charge >= 0.3 is 0 Å². The maximum absolute atomic E-state index is 13.8. The molecule has 6 heteroatoms. The molecule has 2 N–H and O–H groups in total. The van der Waals surface area contributed by atoms with Crippen LogP contribution in [0, 0.1) is 11.7 Å². The summed E-state index contributed by atoms with van der Waals surface area (Å²) in [5, 5.41) is 5.64. The standard InChI is InChI=1S/C23H26FN3O2/c1-2-13-25-23(29)19-8-4-6-10-21(19)26-22(28)17-11-14-27(15-12-17)16-18-7-3-5-9-20(18)24/h2-10,17H,1,11-16H2,(H,25,29)(H,26,28). The summed E-state index contributed by atoms with van der Waals surface area (Å²) < 4.78 is 13.8. The van der Waals surface area contributed by atoms with Gasteiger partial charge in [0.2, 0.25) is 5.91 Å². The van der Waals surface area contributed by atoms with Gasteiger partial charge in [-0.2, -0.15) is 0 Å². The summed E-state index contributed by atoms with van der Waals surface area (Å²) in [7, 11) is 0. The van der Waals surface area contributed by atoms with Crippen molar-refractivity contribution in [3.63, 3.8) is 0 Å². The van der Waals surface area contributed by atoms with Crippen LogP contribution < -0.4 is 10.6 Å². The number of likely N-dealkylation sites (tertiary alicyclic amines) is 1. The first-order valence-electron chi connectivity index (χ1n) is 9.83. The first-order chi connectivity index (χ1) is 14.1. The average molecular weight is 395 g/mol. The predicted molar refractivity (Wildman–Crippen MR) is 112 cm³/mol. The summed E-state index contributed by atoms with van der Waals surface area (Å²) in [6.07, 6.45) is 3.00. The summed E-state index contributed by atoms with van der Waals surface area (Å²) in [5.74, 6) is -0.658. The second-order valence-electron chi connectivity index (χ2n) is 7.18. The van der Waals surface area contributed by atoms with E-state index in [1.807, 2.05) is 6.07 Å². The highest BCUT2D eigenvalue weighted by atomic mass is 19.1. The number of carbonyl (C=O) groups excluding carboxylic acids is 2. The van der Waals surface area contributed by atoms with E-state index in [1.165, 1.54) is 6.07 Å². The molecule has 0 unspecified atom stereocenters. The van der Waals surface area contributed by atoms with Crippen molar-refractivity contribution in [3.8, 4) is 0 Å². The minimum atomic E-state index is -0.250. The van der Waals surface area contributed by atoms with E-state index in [9.17, 15) is 14.0 Å². The van der Waals surface area contributed by atoms with E-state index < -0.39 is 0 Å². The number of rotatable bonds is 7. The summed E-state index contributed by atoms with van der Waals surface area (Å²) in [4.78, 5) is 27.2. The molecule has 3 rings (SSSR count). The molecule has 5 nitrogen and oxygen atoms in total. The molecule has 1 aliphatic rings. The van der Waals surface area contributed by atoms with Crippen LogP contribution in [0.15, 0.2) is 61.2 Å². The Kier molecular flexibility index (Phi) is 7.14. The first-order valence-corrected chi connectivity index (χ1v) is 9.83. The Morgan fingerprint density at radius 2 is 1.79 bits per heavy atom. The van der Waals surface area contributed by atoms with E-state index in [1.54, 1.807) is 42.5 Å². The second kappa shape index (κ2) is 9.98. The number of benzene rings is 2. The Labute approximate surface area is 170 Å². The van der Waals surface area contributed by atoms with Crippen LogP contribution in [0.5, 0.6) is 0 Å². The Bertz CT molecular complexity index is 876. The van der Waals surface area contributed by atoms with Gasteiger partial charge in [0.15, 0.2) is 0 Å². The molecule has 0 spiro atoms. The Balaban J connectivity index is 1.56. The van der Waals surface area contributed by atoms with Gasteiger partial charge in [0.25, 0.3) is 5.91 Å². The number of piperidine rings is 1. The molecule has 0 atom stereocenters. The summed E-state index contributed by atoms with van der Waals surface area (Å²) in [6, 6.07) is 13.8. The van der Waals surface area contributed by atoms with Crippen LogP contribution in [0.3, 0.4) is 0 Å². The molecule has 2 aromatic rings. The van der Waals surface area contributed by atoms with Crippen molar-refractivity contribution >= 4 is 17.5 Å². The third kappa shape index (κ3) is 5.51. The molecule has 152 valence electrons. The van der Waals surface area contributed by atoms with Crippen molar-refractivity contribution in [3.05, 3.63) is 78.1 Å². The van der Waals surface area contributed by atoms with Crippen LogP contribution in [0.1, 0.15) is 28.8 Å².